The van der Waals surface area contributed by atoms with Gasteiger partial charge in [-0.1, -0.05) is 35.9 Å². The summed E-state index contributed by atoms with van der Waals surface area (Å²) in [4.78, 5) is 18.5. The number of morpholine rings is 1. The van der Waals surface area contributed by atoms with Gasteiger partial charge in [-0.05, 0) is 23.9 Å². The number of carbonyl (C=O) groups excluding carboxylic acids is 1. The van der Waals surface area contributed by atoms with Crippen molar-refractivity contribution in [1.29, 1.82) is 5.26 Å². The standard InChI is InChI=1S/C23H30N4O2S/c1-19-5-7-20(8-6-19)23(21-4-2-17-30-21)25-22(28)18-27(10-3-9-24)12-11-26-13-15-29-16-14-26/h2,4-8,17,23H,3,10-16,18H2,1H3,(H,25,28). The van der Waals surface area contributed by atoms with Crippen LogP contribution in [0.15, 0.2) is 41.8 Å². The largest absolute Gasteiger partial charge is 0.379 e. The summed E-state index contributed by atoms with van der Waals surface area (Å²) in [6.07, 6.45) is 0.419. The fourth-order valence-corrected chi connectivity index (χ4v) is 4.33. The van der Waals surface area contributed by atoms with E-state index in [0.717, 1.165) is 49.8 Å². The van der Waals surface area contributed by atoms with E-state index < -0.39 is 0 Å². The molecule has 1 unspecified atom stereocenters. The topological polar surface area (TPSA) is 68.6 Å². The third-order valence-corrected chi connectivity index (χ3v) is 6.22. The third-order valence-electron chi connectivity index (χ3n) is 5.29. The van der Waals surface area contributed by atoms with Crippen molar-refractivity contribution in [1.82, 2.24) is 15.1 Å². The SMILES string of the molecule is Cc1ccc(C(NC(=O)CN(CCC#N)CCN2CCOCC2)c2cccs2)cc1. The smallest absolute Gasteiger partial charge is 0.234 e. The third kappa shape index (κ3) is 6.92. The number of ether oxygens (including phenoxy) is 1. The summed E-state index contributed by atoms with van der Waals surface area (Å²) in [5.41, 5.74) is 2.27. The Morgan fingerprint density at radius 3 is 2.70 bits per heavy atom. The van der Waals surface area contributed by atoms with E-state index in [1.165, 1.54) is 5.56 Å². The lowest BCUT2D eigenvalue weighted by atomic mass is 10.0. The average molecular weight is 427 g/mol. The molecule has 6 nitrogen and oxygen atoms in total. The Balaban J connectivity index is 1.62. The summed E-state index contributed by atoms with van der Waals surface area (Å²) in [5.74, 6) is -0.0195. The van der Waals surface area contributed by atoms with E-state index >= 15 is 0 Å². The average Bonchev–Trinajstić information content (AvgIpc) is 3.30. The number of hydrogen-bond acceptors (Lipinski definition) is 6. The molecule has 0 aliphatic carbocycles. The van der Waals surface area contributed by atoms with Crippen LogP contribution in [0.1, 0.15) is 28.5 Å². The van der Waals surface area contributed by atoms with Crippen LogP contribution < -0.4 is 5.32 Å². The van der Waals surface area contributed by atoms with Gasteiger partial charge in [0.2, 0.25) is 5.91 Å². The molecule has 3 rings (SSSR count). The minimum absolute atomic E-state index is 0.0195. The lowest BCUT2D eigenvalue weighted by Crippen LogP contribution is -2.45. The first-order chi connectivity index (χ1) is 14.7. The Morgan fingerprint density at radius 1 is 1.27 bits per heavy atom. The maximum absolute atomic E-state index is 12.9. The van der Waals surface area contributed by atoms with Gasteiger partial charge in [0.25, 0.3) is 0 Å². The van der Waals surface area contributed by atoms with Crippen molar-refractivity contribution in [2.24, 2.45) is 0 Å². The van der Waals surface area contributed by atoms with Crippen LogP contribution in [0.25, 0.3) is 0 Å². The summed E-state index contributed by atoms with van der Waals surface area (Å²) in [5, 5.41) is 14.3. The van der Waals surface area contributed by atoms with Crippen LogP contribution in [0.2, 0.25) is 0 Å². The molecular weight excluding hydrogens is 396 g/mol. The number of aryl methyl sites for hydroxylation is 1. The molecule has 30 heavy (non-hydrogen) atoms. The molecule has 0 saturated carbocycles. The van der Waals surface area contributed by atoms with Crippen molar-refractivity contribution in [3.05, 3.63) is 57.8 Å². The molecule has 0 bridgehead atoms. The maximum Gasteiger partial charge on any atom is 0.234 e. The lowest BCUT2D eigenvalue weighted by Gasteiger charge is -2.30. The number of benzene rings is 1. The van der Waals surface area contributed by atoms with Crippen molar-refractivity contribution in [3.63, 3.8) is 0 Å². The molecule has 1 atom stereocenters. The number of amides is 1. The van der Waals surface area contributed by atoms with Crippen molar-refractivity contribution < 1.29 is 9.53 Å². The first kappa shape index (κ1) is 22.4. The lowest BCUT2D eigenvalue weighted by molar-refractivity contribution is -0.122. The number of nitrogens with zero attached hydrogens (tertiary/aromatic N) is 3. The molecule has 1 fully saturated rings. The monoisotopic (exact) mass is 426 g/mol. The zero-order chi connectivity index (χ0) is 21.2. The number of nitrogens with one attached hydrogen (secondary N) is 1. The van der Waals surface area contributed by atoms with Gasteiger partial charge in [0.15, 0.2) is 0 Å². The summed E-state index contributed by atoms with van der Waals surface area (Å²) in [7, 11) is 0. The van der Waals surface area contributed by atoms with Crippen LogP contribution in [-0.4, -0.2) is 68.2 Å². The van der Waals surface area contributed by atoms with Crippen LogP contribution in [0, 0.1) is 18.3 Å². The summed E-state index contributed by atoms with van der Waals surface area (Å²) < 4.78 is 5.40. The Labute approximate surface area is 183 Å². The van der Waals surface area contributed by atoms with Crippen LogP contribution in [0.3, 0.4) is 0 Å². The Kier molecular flexibility index (Phi) is 8.84. The van der Waals surface area contributed by atoms with Crippen LogP contribution in [0.5, 0.6) is 0 Å². The van der Waals surface area contributed by atoms with Gasteiger partial charge in [-0.25, -0.2) is 0 Å². The van der Waals surface area contributed by atoms with Crippen molar-refractivity contribution >= 4 is 17.2 Å². The van der Waals surface area contributed by atoms with Gasteiger partial charge in [0.1, 0.15) is 0 Å². The molecule has 2 heterocycles. The number of carbonyl (C=O) groups is 1. The first-order valence-corrected chi connectivity index (χ1v) is 11.3. The Hall–Kier alpha value is -2.24. The number of rotatable bonds is 10. The quantitative estimate of drug-likeness (QED) is 0.633. The van der Waals surface area contributed by atoms with Crippen LogP contribution in [-0.2, 0) is 9.53 Å². The van der Waals surface area contributed by atoms with Gasteiger partial charge in [0.05, 0.1) is 31.9 Å². The normalized spacial score (nSPS) is 15.6. The second-order valence-electron chi connectivity index (χ2n) is 7.56. The number of hydrogen-bond donors (Lipinski definition) is 1. The molecule has 7 heteroatoms. The molecule has 1 aliphatic heterocycles. The minimum Gasteiger partial charge on any atom is -0.379 e. The molecule has 1 saturated heterocycles. The van der Waals surface area contributed by atoms with Crippen LogP contribution >= 0.6 is 11.3 Å². The molecule has 0 spiro atoms. The second kappa shape index (κ2) is 11.8. The molecule has 0 radical (unpaired) electrons. The Bertz CT molecular complexity index is 811. The highest BCUT2D eigenvalue weighted by Crippen LogP contribution is 2.26. The van der Waals surface area contributed by atoms with E-state index in [2.05, 4.69) is 58.4 Å². The molecular formula is C23H30N4O2S. The molecule has 1 aromatic carbocycles. The van der Waals surface area contributed by atoms with E-state index in [1.807, 2.05) is 11.4 Å². The van der Waals surface area contributed by atoms with Crippen molar-refractivity contribution in [2.45, 2.75) is 19.4 Å². The molecule has 160 valence electrons. The zero-order valence-electron chi connectivity index (χ0n) is 17.5. The van der Waals surface area contributed by atoms with E-state index in [4.69, 9.17) is 10.00 Å². The van der Waals surface area contributed by atoms with Gasteiger partial charge >= 0.3 is 0 Å². The predicted octanol–water partition coefficient (Wildman–Crippen LogP) is 2.81. The summed E-state index contributed by atoms with van der Waals surface area (Å²) in [6, 6.07) is 14.4. The summed E-state index contributed by atoms with van der Waals surface area (Å²) in [6.45, 7) is 7.97. The first-order valence-electron chi connectivity index (χ1n) is 10.4. The van der Waals surface area contributed by atoms with E-state index in [-0.39, 0.29) is 11.9 Å². The van der Waals surface area contributed by atoms with Crippen LogP contribution in [0.4, 0.5) is 0 Å². The van der Waals surface area contributed by atoms with Gasteiger partial charge < -0.3 is 10.1 Å². The molecule has 1 aliphatic rings. The van der Waals surface area contributed by atoms with Crippen molar-refractivity contribution in [2.75, 3.05) is 52.5 Å². The summed E-state index contributed by atoms with van der Waals surface area (Å²) >= 11 is 1.64. The molecule has 1 aromatic heterocycles. The van der Waals surface area contributed by atoms with E-state index in [1.54, 1.807) is 11.3 Å². The Morgan fingerprint density at radius 2 is 2.03 bits per heavy atom. The second-order valence-corrected chi connectivity index (χ2v) is 8.54. The number of thiophene rings is 1. The minimum atomic E-state index is -0.157. The zero-order valence-corrected chi connectivity index (χ0v) is 18.4. The van der Waals surface area contributed by atoms with Gasteiger partial charge in [-0.3, -0.25) is 14.6 Å². The van der Waals surface area contributed by atoms with Gasteiger partial charge in [-0.2, -0.15) is 5.26 Å². The molecule has 1 amide bonds. The molecule has 1 N–H and O–H groups in total. The maximum atomic E-state index is 12.9. The predicted molar refractivity (Wildman–Crippen MR) is 119 cm³/mol. The van der Waals surface area contributed by atoms with Gasteiger partial charge in [0, 0.05) is 44.0 Å². The van der Waals surface area contributed by atoms with E-state index in [0.29, 0.717) is 19.5 Å². The van der Waals surface area contributed by atoms with Gasteiger partial charge in [-0.15, -0.1) is 11.3 Å². The fourth-order valence-electron chi connectivity index (χ4n) is 3.53. The number of nitriles is 1. The van der Waals surface area contributed by atoms with Crippen molar-refractivity contribution in [3.8, 4) is 6.07 Å². The highest BCUT2D eigenvalue weighted by Gasteiger charge is 2.20. The molecule has 2 aromatic rings. The highest BCUT2D eigenvalue weighted by molar-refractivity contribution is 7.10. The van der Waals surface area contributed by atoms with E-state index in [9.17, 15) is 4.79 Å². The highest BCUT2D eigenvalue weighted by atomic mass is 32.1. The fraction of sp³-hybridized carbons (Fsp3) is 0.478.